The molecule has 0 amide bonds. The summed E-state index contributed by atoms with van der Waals surface area (Å²) in [5, 5.41) is 3.63. The Hall–Kier alpha value is -1.76. The van der Waals surface area contributed by atoms with Crippen molar-refractivity contribution in [2.45, 2.75) is 65.2 Å². The predicted molar refractivity (Wildman–Crippen MR) is 101 cm³/mol. The Kier molecular flexibility index (Phi) is 3.78. The lowest BCUT2D eigenvalue weighted by atomic mass is 9.63. The Balaban J connectivity index is 2.07. The molecule has 1 nitrogen and oxygen atoms in total. The molecule has 0 fully saturated rings. The monoisotopic (exact) mass is 307 g/mol. The lowest BCUT2D eigenvalue weighted by molar-refractivity contribution is 0.332. The third-order valence-electron chi connectivity index (χ3n) is 5.49. The Morgan fingerprint density at radius 2 is 1.43 bits per heavy atom. The number of anilines is 2. The van der Waals surface area contributed by atoms with E-state index in [1.165, 1.54) is 46.5 Å². The highest BCUT2D eigenvalue weighted by Gasteiger charge is 2.37. The zero-order valence-electron chi connectivity index (χ0n) is 15.4. The number of benzene rings is 2. The smallest absolute Gasteiger partial charge is 0.0417 e. The maximum atomic E-state index is 3.63. The number of fused-ring (bicyclic) bond motifs is 1. The lowest BCUT2D eigenvalue weighted by Gasteiger charge is -2.42. The second kappa shape index (κ2) is 5.40. The van der Waals surface area contributed by atoms with E-state index < -0.39 is 0 Å². The van der Waals surface area contributed by atoms with Crippen LogP contribution in [0.2, 0.25) is 0 Å². The lowest BCUT2D eigenvalue weighted by Crippen LogP contribution is -2.34. The van der Waals surface area contributed by atoms with Gasteiger partial charge in [-0.15, -0.1) is 0 Å². The van der Waals surface area contributed by atoms with Gasteiger partial charge in [0.1, 0.15) is 0 Å². The fraction of sp³-hybridized carbons (Fsp3) is 0.455. The van der Waals surface area contributed by atoms with Crippen molar-refractivity contribution >= 4 is 11.4 Å². The molecule has 1 N–H and O–H groups in total. The molecular formula is C22H29N. The van der Waals surface area contributed by atoms with Crippen molar-refractivity contribution in [1.29, 1.82) is 0 Å². The van der Waals surface area contributed by atoms with Crippen LogP contribution in [0.3, 0.4) is 0 Å². The third kappa shape index (κ3) is 3.02. The first-order valence-corrected chi connectivity index (χ1v) is 8.68. The molecule has 0 heterocycles. The minimum Gasteiger partial charge on any atom is -0.355 e. The van der Waals surface area contributed by atoms with Crippen LogP contribution in [0.4, 0.5) is 11.4 Å². The summed E-state index contributed by atoms with van der Waals surface area (Å²) in [4.78, 5) is 0. The fourth-order valence-electron chi connectivity index (χ4n) is 3.74. The highest BCUT2D eigenvalue weighted by molar-refractivity contribution is 5.66. The van der Waals surface area contributed by atoms with E-state index in [2.05, 4.69) is 83.3 Å². The van der Waals surface area contributed by atoms with Gasteiger partial charge in [0.15, 0.2) is 0 Å². The summed E-state index contributed by atoms with van der Waals surface area (Å²) in [6.45, 7) is 13.9. The molecule has 2 aromatic carbocycles. The van der Waals surface area contributed by atoms with E-state index in [1.54, 1.807) is 0 Å². The Labute approximate surface area is 141 Å². The average Bonchev–Trinajstić information content (AvgIpc) is 2.46. The Morgan fingerprint density at radius 1 is 0.826 bits per heavy atom. The average molecular weight is 307 g/mol. The maximum Gasteiger partial charge on any atom is 0.0417 e. The number of nitrogens with one attached hydrogen (secondary N) is 1. The van der Waals surface area contributed by atoms with Crippen LogP contribution in [0.25, 0.3) is 0 Å². The van der Waals surface area contributed by atoms with Gasteiger partial charge in [0.2, 0.25) is 0 Å². The molecule has 1 heteroatoms. The number of hydrogen-bond donors (Lipinski definition) is 1. The van der Waals surface area contributed by atoms with Crippen molar-refractivity contribution in [2.24, 2.45) is 0 Å². The minimum atomic E-state index is 0.252. The van der Waals surface area contributed by atoms with E-state index in [0.29, 0.717) is 0 Å². The molecule has 0 spiro atoms. The van der Waals surface area contributed by atoms with Gasteiger partial charge < -0.3 is 5.32 Å². The first-order chi connectivity index (χ1) is 10.7. The summed E-state index contributed by atoms with van der Waals surface area (Å²) in [6.07, 6.45) is 2.51. The van der Waals surface area contributed by atoms with E-state index in [-0.39, 0.29) is 10.8 Å². The van der Waals surface area contributed by atoms with Crippen LogP contribution in [0.1, 0.15) is 62.8 Å². The van der Waals surface area contributed by atoms with Gasteiger partial charge in [-0.2, -0.15) is 0 Å². The normalized spacial score (nSPS) is 18.3. The summed E-state index contributed by atoms with van der Waals surface area (Å²) >= 11 is 0. The van der Waals surface area contributed by atoms with Crippen LogP contribution in [-0.4, -0.2) is 0 Å². The second-order valence-electron chi connectivity index (χ2n) is 8.47. The Morgan fingerprint density at radius 3 is 2.04 bits per heavy atom. The van der Waals surface area contributed by atoms with Gasteiger partial charge >= 0.3 is 0 Å². The van der Waals surface area contributed by atoms with Crippen molar-refractivity contribution in [1.82, 2.24) is 0 Å². The zero-order valence-corrected chi connectivity index (χ0v) is 15.4. The van der Waals surface area contributed by atoms with Crippen LogP contribution >= 0.6 is 0 Å². The second-order valence-corrected chi connectivity index (χ2v) is 8.47. The van der Waals surface area contributed by atoms with E-state index >= 15 is 0 Å². The maximum absolute atomic E-state index is 3.63. The molecule has 122 valence electrons. The van der Waals surface area contributed by atoms with E-state index in [4.69, 9.17) is 0 Å². The van der Waals surface area contributed by atoms with Gasteiger partial charge in [0.25, 0.3) is 0 Å². The summed E-state index contributed by atoms with van der Waals surface area (Å²) < 4.78 is 0. The quantitative estimate of drug-likeness (QED) is 0.677. The molecule has 2 aromatic rings. The first kappa shape index (κ1) is 16.1. The minimum absolute atomic E-state index is 0.252. The van der Waals surface area contributed by atoms with E-state index in [9.17, 15) is 0 Å². The molecule has 0 aliphatic heterocycles. The molecule has 0 bridgehead atoms. The van der Waals surface area contributed by atoms with Crippen LogP contribution in [0.15, 0.2) is 36.4 Å². The van der Waals surface area contributed by atoms with Gasteiger partial charge in [-0.25, -0.2) is 0 Å². The molecule has 0 saturated carbocycles. The summed E-state index contributed by atoms with van der Waals surface area (Å²) in [5.41, 5.74) is 8.58. The molecule has 0 unspecified atom stereocenters. The van der Waals surface area contributed by atoms with Gasteiger partial charge in [0.05, 0.1) is 0 Å². The molecule has 23 heavy (non-hydrogen) atoms. The molecular weight excluding hydrogens is 278 g/mol. The third-order valence-corrected chi connectivity index (χ3v) is 5.49. The molecule has 0 aromatic heterocycles. The Bertz CT molecular complexity index is 738. The molecule has 1 aliphatic rings. The summed E-state index contributed by atoms with van der Waals surface area (Å²) in [7, 11) is 0. The van der Waals surface area contributed by atoms with Gasteiger partial charge in [-0.3, -0.25) is 0 Å². The van der Waals surface area contributed by atoms with Gasteiger partial charge in [0, 0.05) is 11.4 Å². The van der Waals surface area contributed by atoms with Crippen molar-refractivity contribution in [2.75, 3.05) is 5.32 Å². The standard InChI is InChI=1S/C22H29N/c1-15-8-7-9-17(12-15)23-20-14-19-18(13-16(20)2)21(3,4)10-11-22(19,5)6/h7-9,12-14,23H,10-11H2,1-6H3. The van der Waals surface area contributed by atoms with Gasteiger partial charge in [-0.05, 0) is 78.0 Å². The number of rotatable bonds is 2. The van der Waals surface area contributed by atoms with Crippen LogP contribution in [0, 0.1) is 13.8 Å². The summed E-state index contributed by atoms with van der Waals surface area (Å²) in [6, 6.07) is 13.4. The summed E-state index contributed by atoms with van der Waals surface area (Å²) in [5.74, 6) is 0. The molecule has 3 rings (SSSR count). The van der Waals surface area contributed by atoms with Crippen molar-refractivity contribution in [3.63, 3.8) is 0 Å². The zero-order chi connectivity index (χ0) is 16.8. The largest absolute Gasteiger partial charge is 0.355 e. The van der Waals surface area contributed by atoms with Crippen LogP contribution < -0.4 is 5.32 Å². The molecule has 0 saturated heterocycles. The highest BCUT2D eigenvalue weighted by atomic mass is 14.9. The van der Waals surface area contributed by atoms with E-state index in [1.807, 2.05) is 0 Å². The first-order valence-electron chi connectivity index (χ1n) is 8.68. The molecule has 0 radical (unpaired) electrons. The fourth-order valence-corrected chi connectivity index (χ4v) is 3.74. The van der Waals surface area contributed by atoms with Crippen molar-refractivity contribution in [3.05, 3.63) is 58.7 Å². The predicted octanol–water partition coefficient (Wildman–Crippen LogP) is 6.40. The topological polar surface area (TPSA) is 12.0 Å². The highest BCUT2D eigenvalue weighted by Crippen LogP contribution is 2.47. The van der Waals surface area contributed by atoms with Gasteiger partial charge in [-0.1, -0.05) is 45.9 Å². The van der Waals surface area contributed by atoms with Crippen LogP contribution in [-0.2, 0) is 10.8 Å². The number of aryl methyl sites for hydroxylation is 2. The molecule has 0 atom stereocenters. The van der Waals surface area contributed by atoms with Crippen molar-refractivity contribution in [3.8, 4) is 0 Å². The van der Waals surface area contributed by atoms with Crippen molar-refractivity contribution < 1.29 is 0 Å². The molecule has 1 aliphatic carbocycles. The van der Waals surface area contributed by atoms with Crippen LogP contribution in [0.5, 0.6) is 0 Å². The number of hydrogen-bond acceptors (Lipinski definition) is 1. The van der Waals surface area contributed by atoms with E-state index in [0.717, 1.165) is 0 Å². The SMILES string of the molecule is Cc1cccc(Nc2cc3c(cc2C)C(C)(C)CCC3(C)C)c1.